The van der Waals surface area contributed by atoms with Crippen LogP contribution in [0.3, 0.4) is 0 Å². The van der Waals surface area contributed by atoms with E-state index in [0.29, 0.717) is 6.42 Å². The molecule has 11 nitrogen and oxygen atoms in total. The van der Waals surface area contributed by atoms with Crippen molar-refractivity contribution < 1.29 is 32.5 Å². The summed E-state index contributed by atoms with van der Waals surface area (Å²) in [6, 6.07) is 13.0. The molecule has 0 aliphatic carbocycles. The van der Waals surface area contributed by atoms with Crippen LogP contribution in [0.1, 0.15) is 12.0 Å². The minimum atomic E-state index is -4.12. The van der Waals surface area contributed by atoms with Gasteiger partial charge in [0.25, 0.3) is 5.69 Å². The fourth-order valence-corrected chi connectivity index (χ4v) is 5.84. The molecule has 2 aromatic carbocycles. The van der Waals surface area contributed by atoms with Gasteiger partial charge in [-0.15, -0.1) is 0 Å². The van der Waals surface area contributed by atoms with Crippen molar-refractivity contribution in [2.75, 3.05) is 26.7 Å². The van der Waals surface area contributed by atoms with E-state index in [2.05, 4.69) is 19.2 Å². The van der Waals surface area contributed by atoms with Gasteiger partial charge >= 0.3 is 13.5 Å². The molecule has 2 unspecified atom stereocenters. The number of piperidine rings is 1. The minimum Gasteiger partial charge on any atom is -0.397 e. The summed E-state index contributed by atoms with van der Waals surface area (Å²) >= 11 is 0. The van der Waals surface area contributed by atoms with Gasteiger partial charge in [-0.2, -0.15) is 0 Å². The highest BCUT2D eigenvalue weighted by molar-refractivity contribution is 7.49. The largest absolute Gasteiger partial charge is 0.530 e. The minimum absolute atomic E-state index is 0.00464. The molecule has 2 aliphatic rings. The van der Waals surface area contributed by atoms with Gasteiger partial charge in [-0.1, -0.05) is 30.3 Å². The molecule has 2 fully saturated rings. The number of nitro groups is 2. The van der Waals surface area contributed by atoms with E-state index in [0.717, 1.165) is 42.3 Å². The van der Waals surface area contributed by atoms with Gasteiger partial charge in [0.1, 0.15) is 6.54 Å². The van der Waals surface area contributed by atoms with Crippen molar-refractivity contribution in [3.8, 4) is 5.75 Å². The third-order valence-electron chi connectivity index (χ3n) is 5.83. The van der Waals surface area contributed by atoms with Gasteiger partial charge in [0.05, 0.1) is 54.7 Å². The lowest BCUT2D eigenvalue weighted by Crippen LogP contribution is -2.57. The van der Waals surface area contributed by atoms with E-state index in [1.54, 1.807) is 0 Å². The van der Waals surface area contributed by atoms with E-state index in [9.17, 15) is 24.8 Å². The topological polar surface area (TPSA) is 131 Å². The van der Waals surface area contributed by atoms with Crippen LogP contribution >= 0.6 is 7.82 Å². The lowest BCUT2D eigenvalue weighted by Gasteiger charge is -2.46. The monoisotopic (exact) mass is 464 g/mol. The molecule has 2 saturated heterocycles. The number of rotatable bonds is 6. The maximum atomic E-state index is 13.1. The zero-order chi connectivity index (χ0) is 22.9. The molecular formula is C20H23N3O8P+. The first-order valence-corrected chi connectivity index (χ1v) is 11.6. The summed E-state index contributed by atoms with van der Waals surface area (Å²) in [5.74, 6) is -0.405. The predicted octanol–water partition coefficient (Wildman–Crippen LogP) is 4.07. The van der Waals surface area contributed by atoms with Gasteiger partial charge in [0.15, 0.2) is 0 Å². The summed E-state index contributed by atoms with van der Waals surface area (Å²) in [7, 11) is -1.96. The Morgan fingerprint density at radius 2 is 1.91 bits per heavy atom. The maximum absolute atomic E-state index is 13.1. The van der Waals surface area contributed by atoms with Crippen molar-refractivity contribution in [1.29, 1.82) is 0 Å². The van der Waals surface area contributed by atoms with E-state index in [-0.39, 0.29) is 18.6 Å². The van der Waals surface area contributed by atoms with Gasteiger partial charge in [0, 0.05) is 18.1 Å². The number of phosphoric ester groups is 1. The van der Waals surface area contributed by atoms with Crippen LogP contribution in [-0.4, -0.2) is 47.2 Å². The van der Waals surface area contributed by atoms with Crippen molar-refractivity contribution in [2.45, 2.75) is 19.1 Å². The molecule has 0 bridgehead atoms. The summed E-state index contributed by atoms with van der Waals surface area (Å²) in [4.78, 5) is 20.6. The van der Waals surface area contributed by atoms with Crippen LogP contribution in [0.4, 0.5) is 11.4 Å². The summed E-state index contributed by atoms with van der Waals surface area (Å²) in [6.45, 7) is 2.55. The Morgan fingerprint density at radius 3 is 2.59 bits per heavy atom. The molecule has 0 saturated carbocycles. The maximum Gasteiger partial charge on any atom is 0.530 e. The first kappa shape index (κ1) is 22.3. The number of fused-ring (bicyclic) bond motifs is 1. The third-order valence-corrected chi connectivity index (χ3v) is 7.25. The second kappa shape index (κ2) is 8.59. The SMILES string of the molecule is C[N+]1(Cc2ccccc2)CC[C@@H]2OP(=O)(Oc3ccc([N+](=O)[O-])cc3[N+](=O)[O-])OC[C@H]2C1. The predicted molar refractivity (Wildman–Crippen MR) is 113 cm³/mol. The smallest absolute Gasteiger partial charge is 0.397 e. The molecule has 0 radical (unpaired) electrons. The van der Waals surface area contributed by atoms with Crippen LogP contribution < -0.4 is 4.52 Å². The number of non-ortho nitro benzene ring substituents is 1. The van der Waals surface area contributed by atoms with Crippen LogP contribution in [-0.2, 0) is 20.2 Å². The second-order valence-corrected chi connectivity index (χ2v) is 9.91. The molecule has 4 atom stereocenters. The molecule has 12 heteroatoms. The van der Waals surface area contributed by atoms with Gasteiger partial charge < -0.3 is 9.01 Å². The molecule has 2 aliphatic heterocycles. The van der Waals surface area contributed by atoms with Crippen molar-refractivity contribution in [3.05, 3.63) is 74.3 Å². The number of nitrogens with zero attached hydrogens (tertiary/aromatic N) is 3. The molecular weight excluding hydrogens is 441 g/mol. The van der Waals surface area contributed by atoms with Crippen molar-refractivity contribution in [1.82, 2.24) is 0 Å². The average Bonchev–Trinajstić information content (AvgIpc) is 2.74. The number of quaternary nitrogens is 1. The molecule has 170 valence electrons. The van der Waals surface area contributed by atoms with Crippen LogP contribution in [0.25, 0.3) is 0 Å². The van der Waals surface area contributed by atoms with E-state index in [1.807, 2.05) is 18.2 Å². The van der Waals surface area contributed by atoms with Crippen LogP contribution in [0, 0.1) is 26.1 Å². The molecule has 2 aromatic rings. The molecule has 0 N–H and O–H groups in total. The summed E-state index contributed by atoms with van der Waals surface area (Å²) < 4.78 is 30.3. The van der Waals surface area contributed by atoms with Crippen LogP contribution in [0.15, 0.2) is 48.5 Å². The van der Waals surface area contributed by atoms with E-state index >= 15 is 0 Å². The lowest BCUT2D eigenvalue weighted by molar-refractivity contribution is -0.931. The summed E-state index contributed by atoms with van der Waals surface area (Å²) in [5, 5.41) is 22.2. The fraction of sp³-hybridized carbons (Fsp3) is 0.400. The number of benzene rings is 2. The number of likely N-dealkylation sites (tertiary alicyclic amines) is 1. The van der Waals surface area contributed by atoms with Gasteiger partial charge in [-0.05, 0) is 6.07 Å². The first-order valence-electron chi connectivity index (χ1n) is 10.1. The number of hydrogen-bond acceptors (Lipinski definition) is 8. The standard InChI is InChI=1S/C20H23N3O8P/c1-23(12-15-5-3-2-4-6-15)10-9-19-16(13-23)14-29-32(28,30-19)31-20-8-7-17(21(24)25)11-18(20)22(26)27/h2-8,11,16,19H,9-10,12-14H2,1H3/q+1/t16-,19+,23?,32?/m1/s1. The zero-order valence-electron chi connectivity index (χ0n) is 17.4. The van der Waals surface area contributed by atoms with Crippen molar-refractivity contribution >= 4 is 19.2 Å². The summed E-state index contributed by atoms with van der Waals surface area (Å²) in [6.07, 6.45) is 0.265. The van der Waals surface area contributed by atoms with Crippen LogP contribution in [0.5, 0.6) is 5.75 Å². The fourth-order valence-electron chi connectivity index (χ4n) is 4.31. The van der Waals surface area contributed by atoms with E-state index < -0.39 is 34.8 Å². The molecule has 0 amide bonds. The number of hydrogen-bond donors (Lipinski definition) is 0. The van der Waals surface area contributed by atoms with Gasteiger partial charge in [-0.3, -0.25) is 29.3 Å². The van der Waals surface area contributed by atoms with Gasteiger partial charge in [-0.25, -0.2) is 4.57 Å². The van der Waals surface area contributed by atoms with E-state index in [4.69, 9.17) is 13.6 Å². The zero-order valence-corrected chi connectivity index (χ0v) is 18.3. The highest BCUT2D eigenvalue weighted by Gasteiger charge is 2.48. The Morgan fingerprint density at radius 1 is 1.16 bits per heavy atom. The van der Waals surface area contributed by atoms with Gasteiger partial charge in [0.2, 0.25) is 5.75 Å². The highest BCUT2D eigenvalue weighted by atomic mass is 31.2. The number of nitro benzene ring substituents is 2. The molecule has 2 heterocycles. The molecule has 0 aromatic heterocycles. The molecule has 0 spiro atoms. The Hall–Kier alpha value is -2.85. The second-order valence-electron chi connectivity index (χ2n) is 8.36. The quantitative estimate of drug-likeness (QED) is 0.271. The first-order chi connectivity index (χ1) is 15.2. The normalized spacial score (nSPS) is 29.7. The van der Waals surface area contributed by atoms with Crippen LogP contribution in [0.2, 0.25) is 0 Å². The Kier molecular flexibility index (Phi) is 6.00. The van der Waals surface area contributed by atoms with Crippen molar-refractivity contribution in [3.63, 3.8) is 0 Å². The Labute approximate surface area is 184 Å². The Balaban J connectivity index is 1.45. The van der Waals surface area contributed by atoms with Crippen molar-refractivity contribution in [2.24, 2.45) is 5.92 Å². The third kappa shape index (κ3) is 4.81. The lowest BCUT2D eigenvalue weighted by atomic mass is 9.93. The average molecular weight is 464 g/mol. The number of phosphoric acid groups is 1. The Bertz CT molecular complexity index is 1080. The molecule has 4 rings (SSSR count). The van der Waals surface area contributed by atoms with E-state index in [1.165, 1.54) is 5.56 Å². The summed E-state index contributed by atoms with van der Waals surface area (Å²) in [5.41, 5.74) is 0.0701. The highest BCUT2D eigenvalue weighted by Crippen LogP contribution is 2.57. The molecule has 32 heavy (non-hydrogen) atoms.